The fourth-order valence-electron chi connectivity index (χ4n) is 3.56. The number of hydrogen-bond donors (Lipinski definition) is 1. The third-order valence-electron chi connectivity index (χ3n) is 5.19. The van der Waals surface area contributed by atoms with Gasteiger partial charge in [-0.05, 0) is 37.8 Å². The monoisotopic (exact) mass is 373 g/mol. The smallest absolute Gasteiger partial charge is 0.272 e. The molecule has 0 bridgehead atoms. The Labute approximate surface area is 153 Å². The van der Waals surface area contributed by atoms with Crippen LogP contribution in [0.3, 0.4) is 0 Å². The molecule has 1 aliphatic carbocycles. The van der Waals surface area contributed by atoms with Crippen LogP contribution in [0, 0.1) is 0 Å². The summed E-state index contributed by atoms with van der Waals surface area (Å²) in [6.45, 7) is 1.94. The highest BCUT2D eigenvalue weighted by Gasteiger charge is 2.36. The van der Waals surface area contributed by atoms with E-state index in [0.29, 0.717) is 18.0 Å². The van der Waals surface area contributed by atoms with Gasteiger partial charge in [-0.2, -0.15) is 5.10 Å². The van der Waals surface area contributed by atoms with Gasteiger partial charge in [-0.15, -0.1) is 0 Å². The lowest BCUT2D eigenvalue weighted by molar-refractivity contribution is 0.0933. The van der Waals surface area contributed by atoms with Crippen molar-refractivity contribution in [3.8, 4) is 0 Å². The molecule has 2 atom stereocenters. The number of carbonyl (C=O) groups is 1. The number of carbonyl (C=O) groups excluding carboxylic acids is 1. The number of amides is 1. The number of hydrogen-bond acceptors (Lipinski definition) is 4. The van der Waals surface area contributed by atoms with Crippen LogP contribution in [0.5, 0.6) is 0 Å². The van der Waals surface area contributed by atoms with E-state index in [2.05, 4.69) is 10.4 Å². The topological polar surface area (TPSA) is 81.1 Å². The Hall–Kier alpha value is -2.15. The molecular weight excluding hydrogens is 350 g/mol. The first kappa shape index (κ1) is 17.3. The molecule has 2 heterocycles. The van der Waals surface area contributed by atoms with Crippen molar-refractivity contribution in [2.75, 3.05) is 11.5 Å². The zero-order valence-corrected chi connectivity index (χ0v) is 15.6. The fourth-order valence-corrected chi connectivity index (χ4v) is 5.25. The summed E-state index contributed by atoms with van der Waals surface area (Å²) in [6, 6.07) is 11.4. The molecule has 2 aromatic rings. The molecule has 2 aliphatic rings. The van der Waals surface area contributed by atoms with E-state index in [4.69, 9.17) is 0 Å². The van der Waals surface area contributed by atoms with E-state index in [1.165, 1.54) is 0 Å². The van der Waals surface area contributed by atoms with Crippen LogP contribution in [-0.2, 0) is 9.84 Å². The second kappa shape index (κ2) is 6.54. The van der Waals surface area contributed by atoms with E-state index < -0.39 is 9.84 Å². The van der Waals surface area contributed by atoms with Crippen molar-refractivity contribution in [2.45, 2.75) is 44.2 Å². The molecule has 2 unspecified atom stereocenters. The molecule has 1 aliphatic heterocycles. The minimum Gasteiger partial charge on any atom is -0.344 e. The molecule has 1 saturated heterocycles. The predicted octanol–water partition coefficient (Wildman–Crippen LogP) is 2.61. The molecular formula is C19H23N3O3S. The van der Waals surface area contributed by atoms with E-state index in [1.807, 2.05) is 48.0 Å². The van der Waals surface area contributed by atoms with Crippen LogP contribution in [0.1, 0.15) is 65.9 Å². The molecule has 0 radical (unpaired) electrons. The van der Waals surface area contributed by atoms with Gasteiger partial charge in [0, 0.05) is 11.6 Å². The Balaban J connectivity index is 1.55. The van der Waals surface area contributed by atoms with E-state index in [0.717, 1.165) is 24.1 Å². The zero-order chi connectivity index (χ0) is 18.3. The normalized spacial score (nSPS) is 22.9. The molecule has 1 aromatic heterocycles. The molecule has 1 amide bonds. The Kier molecular flexibility index (Phi) is 4.34. The maximum atomic E-state index is 12.7. The number of sulfone groups is 1. The maximum Gasteiger partial charge on any atom is 0.272 e. The van der Waals surface area contributed by atoms with E-state index in [-0.39, 0.29) is 29.5 Å². The van der Waals surface area contributed by atoms with Gasteiger partial charge in [0.15, 0.2) is 9.84 Å². The molecule has 1 saturated carbocycles. The Morgan fingerprint density at radius 1 is 1.23 bits per heavy atom. The second-order valence-corrected chi connectivity index (χ2v) is 9.56. The molecule has 4 rings (SSSR count). The van der Waals surface area contributed by atoms with Crippen molar-refractivity contribution in [3.05, 3.63) is 53.3 Å². The predicted molar refractivity (Wildman–Crippen MR) is 98.8 cm³/mol. The summed E-state index contributed by atoms with van der Waals surface area (Å²) in [5, 5.41) is 7.49. The minimum absolute atomic E-state index is 0.120. The molecule has 1 aromatic carbocycles. The van der Waals surface area contributed by atoms with Gasteiger partial charge < -0.3 is 5.32 Å². The largest absolute Gasteiger partial charge is 0.344 e. The molecule has 1 N–H and O–H groups in total. The minimum atomic E-state index is -2.99. The van der Waals surface area contributed by atoms with Crippen LogP contribution in [0.15, 0.2) is 36.4 Å². The molecule has 26 heavy (non-hydrogen) atoms. The van der Waals surface area contributed by atoms with Crippen LogP contribution in [0.4, 0.5) is 0 Å². The standard InChI is InChI=1S/C19H23N3O3S/c1-13(14-5-3-2-4-6-14)20-19(23)17-11-18(15-7-8-15)22(21-17)16-9-10-26(24,25)12-16/h2-6,11,13,15-16H,7-10,12H2,1H3,(H,20,23). The third kappa shape index (κ3) is 3.53. The molecule has 138 valence electrons. The van der Waals surface area contributed by atoms with Crippen LogP contribution < -0.4 is 5.32 Å². The first-order valence-corrected chi connectivity index (χ1v) is 10.9. The Morgan fingerprint density at radius 3 is 2.58 bits per heavy atom. The molecule has 0 spiro atoms. The number of aromatic nitrogens is 2. The first-order chi connectivity index (χ1) is 12.4. The van der Waals surface area contributed by atoms with Gasteiger partial charge in [0.2, 0.25) is 0 Å². The average molecular weight is 373 g/mol. The van der Waals surface area contributed by atoms with Crippen LogP contribution in [0.2, 0.25) is 0 Å². The van der Waals surface area contributed by atoms with Gasteiger partial charge in [0.05, 0.1) is 23.6 Å². The lowest BCUT2D eigenvalue weighted by Gasteiger charge is -2.13. The number of nitrogens with one attached hydrogen (secondary N) is 1. The number of nitrogens with zero attached hydrogens (tertiary/aromatic N) is 2. The van der Waals surface area contributed by atoms with Crippen molar-refractivity contribution >= 4 is 15.7 Å². The first-order valence-electron chi connectivity index (χ1n) is 9.08. The van der Waals surface area contributed by atoms with Crippen molar-refractivity contribution in [1.29, 1.82) is 0 Å². The highest BCUT2D eigenvalue weighted by Crippen LogP contribution is 2.42. The summed E-state index contributed by atoms with van der Waals surface area (Å²) < 4.78 is 25.5. The third-order valence-corrected chi connectivity index (χ3v) is 6.94. The molecule has 6 nitrogen and oxygen atoms in total. The SMILES string of the molecule is CC(NC(=O)c1cc(C2CC2)n(C2CCS(=O)(=O)C2)n1)c1ccccc1. The van der Waals surface area contributed by atoms with Crippen molar-refractivity contribution in [3.63, 3.8) is 0 Å². The molecule has 7 heteroatoms. The lowest BCUT2D eigenvalue weighted by atomic mass is 10.1. The maximum absolute atomic E-state index is 12.7. The van der Waals surface area contributed by atoms with Gasteiger partial charge in [0.1, 0.15) is 5.69 Å². The quantitative estimate of drug-likeness (QED) is 0.873. The van der Waals surface area contributed by atoms with Gasteiger partial charge in [0.25, 0.3) is 5.91 Å². The molecule has 2 fully saturated rings. The summed E-state index contributed by atoms with van der Waals surface area (Å²) in [5.41, 5.74) is 2.41. The number of benzene rings is 1. The van der Waals surface area contributed by atoms with E-state index in [9.17, 15) is 13.2 Å². The second-order valence-electron chi connectivity index (χ2n) is 7.34. The summed E-state index contributed by atoms with van der Waals surface area (Å²) in [6.07, 6.45) is 2.73. The van der Waals surface area contributed by atoms with Crippen LogP contribution in [-0.4, -0.2) is 35.6 Å². The zero-order valence-electron chi connectivity index (χ0n) is 14.8. The van der Waals surface area contributed by atoms with Crippen molar-refractivity contribution in [2.24, 2.45) is 0 Å². The fraction of sp³-hybridized carbons (Fsp3) is 0.474. The van der Waals surface area contributed by atoms with Crippen molar-refractivity contribution < 1.29 is 13.2 Å². The number of rotatable bonds is 5. The summed E-state index contributed by atoms with van der Waals surface area (Å²) >= 11 is 0. The van der Waals surface area contributed by atoms with Gasteiger partial charge in [-0.1, -0.05) is 30.3 Å². The van der Waals surface area contributed by atoms with Gasteiger partial charge in [-0.25, -0.2) is 8.42 Å². The highest BCUT2D eigenvalue weighted by molar-refractivity contribution is 7.91. The Morgan fingerprint density at radius 2 is 1.96 bits per heavy atom. The van der Waals surface area contributed by atoms with Crippen LogP contribution in [0.25, 0.3) is 0 Å². The Bertz CT molecular complexity index is 917. The summed E-state index contributed by atoms with van der Waals surface area (Å²) in [7, 11) is -2.99. The summed E-state index contributed by atoms with van der Waals surface area (Å²) in [5.74, 6) is 0.506. The van der Waals surface area contributed by atoms with Crippen molar-refractivity contribution in [1.82, 2.24) is 15.1 Å². The highest BCUT2D eigenvalue weighted by atomic mass is 32.2. The van der Waals surface area contributed by atoms with Gasteiger partial charge >= 0.3 is 0 Å². The van der Waals surface area contributed by atoms with Crippen LogP contribution >= 0.6 is 0 Å². The lowest BCUT2D eigenvalue weighted by Crippen LogP contribution is -2.27. The summed E-state index contributed by atoms with van der Waals surface area (Å²) in [4.78, 5) is 12.7. The van der Waals surface area contributed by atoms with E-state index in [1.54, 1.807) is 0 Å². The average Bonchev–Trinajstić information content (AvgIpc) is 3.26. The van der Waals surface area contributed by atoms with E-state index >= 15 is 0 Å². The van der Waals surface area contributed by atoms with Gasteiger partial charge in [-0.3, -0.25) is 9.48 Å².